The molecular weight excluding hydrogens is 566 g/mol. The molecule has 224 valence electrons. The number of anilines is 1. The number of hydrogen-bond acceptors (Lipinski definition) is 6. The van der Waals surface area contributed by atoms with Gasteiger partial charge in [-0.3, -0.25) is 14.3 Å². The molecule has 2 aliphatic rings. The van der Waals surface area contributed by atoms with Gasteiger partial charge in [0.2, 0.25) is 11.9 Å². The number of hydrogen-bond donors (Lipinski definition) is 1. The highest BCUT2D eigenvalue weighted by atomic mass is 19.1. The molecule has 1 aromatic carbocycles. The second kappa shape index (κ2) is 11.6. The lowest BCUT2D eigenvalue weighted by Gasteiger charge is -2.30. The lowest BCUT2D eigenvalue weighted by molar-refractivity contribution is -0.134. The van der Waals surface area contributed by atoms with Crippen molar-refractivity contribution in [3.05, 3.63) is 83.9 Å². The number of nitrogens with one attached hydrogen (secondary N) is 1. The Bertz CT molecular complexity index is 1860. The summed E-state index contributed by atoms with van der Waals surface area (Å²) in [5, 5.41) is 12.4. The Morgan fingerprint density at radius 3 is 2.57 bits per heavy atom. The molecule has 0 unspecified atom stereocenters. The number of rotatable bonds is 6. The van der Waals surface area contributed by atoms with Crippen molar-refractivity contribution in [3.8, 4) is 22.5 Å². The Kier molecular flexibility index (Phi) is 7.32. The first kappa shape index (κ1) is 27.8. The van der Waals surface area contributed by atoms with Gasteiger partial charge in [0, 0.05) is 36.4 Å². The van der Waals surface area contributed by atoms with Crippen LogP contribution in [0.5, 0.6) is 0 Å². The second-order valence-electron chi connectivity index (χ2n) is 11.4. The summed E-state index contributed by atoms with van der Waals surface area (Å²) in [4.78, 5) is 35.9. The van der Waals surface area contributed by atoms with E-state index < -0.39 is 11.9 Å². The predicted octanol–water partition coefficient (Wildman–Crippen LogP) is 5.50. The number of aromatic nitrogens is 6. The van der Waals surface area contributed by atoms with Gasteiger partial charge in [0.25, 0.3) is 5.91 Å². The van der Waals surface area contributed by atoms with Crippen molar-refractivity contribution >= 4 is 23.3 Å². The van der Waals surface area contributed by atoms with Crippen molar-refractivity contribution in [2.24, 2.45) is 5.92 Å². The van der Waals surface area contributed by atoms with Crippen molar-refractivity contribution < 1.29 is 18.4 Å². The normalized spacial score (nSPS) is 15.4. The van der Waals surface area contributed by atoms with E-state index in [0.717, 1.165) is 35.7 Å². The van der Waals surface area contributed by atoms with E-state index in [9.17, 15) is 18.4 Å². The molecular formula is C32H30F2N8O2. The predicted molar refractivity (Wildman–Crippen MR) is 158 cm³/mol. The number of amides is 2. The minimum absolute atomic E-state index is 0.112. The summed E-state index contributed by atoms with van der Waals surface area (Å²) in [6, 6.07) is 12.2. The van der Waals surface area contributed by atoms with Gasteiger partial charge in [-0.05, 0) is 61.2 Å². The number of carbonyl (C=O) groups excluding carboxylic acids is 2. The summed E-state index contributed by atoms with van der Waals surface area (Å²) in [6.07, 6.45) is 9.18. The van der Waals surface area contributed by atoms with Gasteiger partial charge in [-0.2, -0.15) is 14.6 Å². The second-order valence-corrected chi connectivity index (χ2v) is 11.4. The lowest BCUT2D eigenvalue weighted by Crippen LogP contribution is -2.39. The first-order valence-corrected chi connectivity index (χ1v) is 14.8. The zero-order valence-corrected chi connectivity index (χ0v) is 23.9. The van der Waals surface area contributed by atoms with Crippen molar-refractivity contribution in [1.82, 2.24) is 34.3 Å². The van der Waals surface area contributed by atoms with Crippen molar-refractivity contribution in [2.75, 3.05) is 11.9 Å². The fourth-order valence-corrected chi connectivity index (χ4v) is 6.18. The number of halogens is 2. The number of benzene rings is 1. The van der Waals surface area contributed by atoms with E-state index in [1.807, 2.05) is 15.6 Å². The molecule has 10 nitrogen and oxygen atoms in total. The maximum Gasteiger partial charge on any atom is 0.257 e. The van der Waals surface area contributed by atoms with Crippen molar-refractivity contribution in [3.63, 3.8) is 0 Å². The number of pyridine rings is 1. The van der Waals surface area contributed by atoms with Gasteiger partial charge in [0.15, 0.2) is 11.5 Å². The smallest absolute Gasteiger partial charge is 0.257 e. The highest BCUT2D eigenvalue weighted by molar-refractivity contribution is 6.03. The number of fused-ring (bicyclic) bond motifs is 2. The van der Waals surface area contributed by atoms with Gasteiger partial charge in [-0.1, -0.05) is 19.3 Å². The Morgan fingerprint density at radius 2 is 1.77 bits per heavy atom. The molecule has 7 rings (SSSR count). The largest absolute Gasteiger partial charge is 0.335 e. The number of carbonyl (C=O) groups is 2. The Labute approximate surface area is 251 Å². The van der Waals surface area contributed by atoms with E-state index in [1.165, 1.54) is 43.7 Å². The van der Waals surface area contributed by atoms with Crippen LogP contribution in [0.15, 0.2) is 60.9 Å². The molecule has 1 aliphatic carbocycles. The van der Waals surface area contributed by atoms with Crippen LogP contribution < -0.4 is 5.32 Å². The first-order chi connectivity index (χ1) is 21.4. The third-order valence-corrected chi connectivity index (χ3v) is 8.44. The van der Waals surface area contributed by atoms with E-state index in [1.54, 1.807) is 28.9 Å². The minimum atomic E-state index is -0.755. The van der Waals surface area contributed by atoms with Crippen LogP contribution in [0.25, 0.3) is 28.2 Å². The van der Waals surface area contributed by atoms with Crippen LogP contribution in [0, 0.1) is 17.7 Å². The Hall–Kier alpha value is -5.00. The van der Waals surface area contributed by atoms with Gasteiger partial charge in [0.1, 0.15) is 11.5 Å². The van der Waals surface area contributed by atoms with E-state index in [-0.39, 0.29) is 23.1 Å². The Balaban J connectivity index is 1.22. The summed E-state index contributed by atoms with van der Waals surface area (Å²) in [7, 11) is 0. The van der Waals surface area contributed by atoms with Crippen LogP contribution >= 0.6 is 0 Å². The molecule has 0 spiro atoms. The summed E-state index contributed by atoms with van der Waals surface area (Å²) in [6.45, 7) is 1.50. The average molecular weight is 597 g/mol. The highest BCUT2D eigenvalue weighted by Crippen LogP contribution is 2.36. The molecule has 1 N–H and O–H groups in total. The summed E-state index contributed by atoms with van der Waals surface area (Å²) >= 11 is 0. The highest BCUT2D eigenvalue weighted by Gasteiger charge is 2.30. The van der Waals surface area contributed by atoms with Crippen LogP contribution in [0.2, 0.25) is 0 Å². The van der Waals surface area contributed by atoms with E-state index >= 15 is 0 Å². The van der Waals surface area contributed by atoms with E-state index in [0.29, 0.717) is 49.0 Å². The van der Waals surface area contributed by atoms with Crippen molar-refractivity contribution in [1.29, 1.82) is 0 Å². The van der Waals surface area contributed by atoms with Gasteiger partial charge in [0.05, 0.1) is 36.2 Å². The molecule has 0 atom stereocenters. The van der Waals surface area contributed by atoms with Crippen molar-refractivity contribution in [2.45, 2.75) is 51.6 Å². The molecule has 12 heteroatoms. The molecule has 5 aromatic rings. The number of nitrogens with zero attached hydrogens (tertiary/aromatic N) is 7. The lowest BCUT2D eigenvalue weighted by atomic mass is 9.86. The van der Waals surface area contributed by atoms with Gasteiger partial charge in [-0.25, -0.2) is 18.9 Å². The molecule has 44 heavy (non-hydrogen) atoms. The zero-order valence-electron chi connectivity index (χ0n) is 23.9. The molecule has 4 aromatic heterocycles. The number of imidazole rings is 1. The van der Waals surface area contributed by atoms with Gasteiger partial charge < -0.3 is 10.2 Å². The molecule has 2 amide bonds. The van der Waals surface area contributed by atoms with E-state index in [2.05, 4.69) is 15.3 Å². The first-order valence-electron chi connectivity index (χ1n) is 14.8. The third kappa shape index (κ3) is 5.54. The third-order valence-electron chi connectivity index (χ3n) is 8.44. The standard InChI is InChI=1S/C32H30F2N8O2/c33-23-8-6-21(7-9-23)31-30(25-18-40(14-15-41(25)39-31)29(43)16-20-4-2-1-3-5-20)24-10-11-28-36-27(19-42(28)38-24)37-32(44)22-12-13-35-26(34)17-22/h6-13,17,19-20H,1-5,14-16,18H2,(H,37,44). The molecule has 0 bridgehead atoms. The fourth-order valence-electron chi connectivity index (χ4n) is 6.18. The Morgan fingerprint density at radius 1 is 0.955 bits per heavy atom. The van der Waals surface area contributed by atoms with Crippen LogP contribution in [-0.4, -0.2) is 52.6 Å². The monoisotopic (exact) mass is 596 g/mol. The van der Waals surface area contributed by atoms with Crippen LogP contribution in [0.4, 0.5) is 14.6 Å². The molecule has 0 saturated heterocycles. The topological polar surface area (TPSA) is 110 Å². The van der Waals surface area contributed by atoms with E-state index in [4.69, 9.17) is 10.2 Å². The summed E-state index contributed by atoms with van der Waals surface area (Å²) < 4.78 is 30.8. The van der Waals surface area contributed by atoms with Crippen LogP contribution in [-0.2, 0) is 17.9 Å². The average Bonchev–Trinajstić information content (AvgIpc) is 3.62. The van der Waals surface area contributed by atoms with Gasteiger partial charge in [-0.15, -0.1) is 0 Å². The van der Waals surface area contributed by atoms with Crippen LogP contribution in [0.3, 0.4) is 0 Å². The van der Waals surface area contributed by atoms with Gasteiger partial charge >= 0.3 is 0 Å². The summed E-state index contributed by atoms with van der Waals surface area (Å²) in [5.74, 6) is -0.791. The summed E-state index contributed by atoms with van der Waals surface area (Å²) in [5.41, 5.74) is 4.16. The quantitative estimate of drug-likeness (QED) is 0.259. The molecule has 1 fully saturated rings. The molecule has 5 heterocycles. The maximum absolute atomic E-state index is 13.8. The fraction of sp³-hybridized carbons (Fsp3) is 0.312. The SMILES string of the molecule is O=C(Nc1cn2nc(-c3c(-c4ccc(F)cc4)nn4c3CN(C(=O)CC3CCCCC3)CC4)ccc2n1)c1ccnc(F)c1. The maximum atomic E-state index is 13.8. The zero-order chi connectivity index (χ0) is 30.2. The molecule has 1 aliphatic heterocycles. The molecule has 0 radical (unpaired) electrons. The van der Waals surface area contributed by atoms with Crippen LogP contribution in [0.1, 0.15) is 54.6 Å². The minimum Gasteiger partial charge on any atom is -0.335 e. The molecule has 1 saturated carbocycles.